The van der Waals surface area contributed by atoms with Gasteiger partial charge in [0.25, 0.3) is 0 Å². The van der Waals surface area contributed by atoms with Gasteiger partial charge in [0.1, 0.15) is 11.6 Å². The molecule has 0 N–H and O–H groups in total. The van der Waals surface area contributed by atoms with E-state index in [0.717, 1.165) is 30.9 Å². The predicted octanol–water partition coefficient (Wildman–Crippen LogP) is 4.16. The Bertz CT molecular complexity index is 687. The number of ether oxygens (including phenoxy) is 1. The van der Waals surface area contributed by atoms with Gasteiger partial charge in [0.2, 0.25) is 3.79 Å². The van der Waals surface area contributed by atoms with Crippen LogP contribution in [0.25, 0.3) is 0 Å². The zero-order valence-corrected chi connectivity index (χ0v) is 17.9. The van der Waals surface area contributed by atoms with Crippen LogP contribution in [0.4, 0.5) is 0 Å². The largest absolute Gasteiger partial charge is 0.497 e. The number of hydrogen-bond donors (Lipinski definition) is 0. The first-order valence-electron chi connectivity index (χ1n) is 9.17. The molecule has 0 radical (unpaired) electrons. The van der Waals surface area contributed by atoms with Gasteiger partial charge in [-0.3, -0.25) is 4.90 Å². The first kappa shape index (κ1) is 20.7. The molecule has 5 nitrogen and oxygen atoms in total. The van der Waals surface area contributed by atoms with Crippen molar-refractivity contribution in [2.75, 3.05) is 26.7 Å². The van der Waals surface area contributed by atoms with Crippen molar-refractivity contribution in [1.29, 1.82) is 0 Å². The molecule has 1 aromatic rings. The molecule has 0 aromatic heterocycles. The summed E-state index contributed by atoms with van der Waals surface area (Å²) >= 11 is 18.7. The van der Waals surface area contributed by atoms with E-state index in [0.29, 0.717) is 18.3 Å². The summed E-state index contributed by atoms with van der Waals surface area (Å²) < 4.78 is 3.67. The lowest BCUT2D eigenvalue weighted by Crippen LogP contribution is -2.48. The van der Waals surface area contributed by atoms with Gasteiger partial charge in [0.05, 0.1) is 13.4 Å². The summed E-state index contributed by atoms with van der Waals surface area (Å²) in [7, 11) is 1.65. The highest BCUT2D eigenvalue weighted by Crippen LogP contribution is 2.35. The van der Waals surface area contributed by atoms with Crippen molar-refractivity contribution in [3.63, 3.8) is 0 Å². The van der Waals surface area contributed by atoms with Crippen molar-refractivity contribution in [3.05, 3.63) is 29.8 Å². The average molecular weight is 432 g/mol. The van der Waals surface area contributed by atoms with Crippen LogP contribution in [0.2, 0.25) is 0 Å². The lowest BCUT2D eigenvalue weighted by molar-refractivity contribution is 0.223. The molecule has 3 rings (SSSR count). The molecule has 0 spiro atoms. The lowest BCUT2D eigenvalue weighted by atomic mass is 10.1. The topological polar surface area (TPSA) is 40.4 Å². The van der Waals surface area contributed by atoms with E-state index in [1.807, 2.05) is 29.2 Å². The van der Waals surface area contributed by atoms with Gasteiger partial charge >= 0.3 is 0 Å². The second kappa shape index (κ2) is 8.99. The Hall–Kier alpha value is -1.01. The Morgan fingerprint density at radius 3 is 2.52 bits per heavy atom. The smallest absolute Gasteiger partial charge is 0.230 e. The SMILES string of the molecule is COc1ccc(CC2=NC(C(Cl)(Cl)Cl)N(CCN3CCCC3C)C=N2)cc1. The van der Waals surface area contributed by atoms with Crippen molar-refractivity contribution in [3.8, 4) is 5.75 Å². The summed E-state index contributed by atoms with van der Waals surface area (Å²) in [5.41, 5.74) is 1.08. The Kier molecular flexibility index (Phi) is 6.90. The molecule has 1 aromatic carbocycles. The van der Waals surface area contributed by atoms with Crippen LogP contribution >= 0.6 is 34.8 Å². The van der Waals surface area contributed by atoms with Crippen LogP contribution in [-0.2, 0) is 6.42 Å². The van der Waals surface area contributed by atoms with Gasteiger partial charge in [-0.2, -0.15) is 0 Å². The van der Waals surface area contributed by atoms with Crippen molar-refractivity contribution >= 4 is 47.0 Å². The minimum absolute atomic E-state index is 0.578. The van der Waals surface area contributed by atoms with Crippen molar-refractivity contribution in [2.24, 2.45) is 9.98 Å². The molecule has 0 aliphatic carbocycles. The minimum atomic E-state index is -1.52. The molecule has 0 saturated carbocycles. The van der Waals surface area contributed by atoms with Crippen LogP contribution in [0, 0.1) is 0 Å². The normalized spacial score (nSPS) is 23.6. The van der Waals surface area contributed by atoms with E-state index >= 15 is 0 Å². The van der Waals surface area contributed by atoms with Gasteiger partial charge in [0, 0.05) is 25.6 Å². The second-order valence-electron chi connectivity index (χ2n) is 7.00. The maximum absolute atomic E-state index is 6.23. The van der Waals surface area contributed by atoms with Gasteiger partial charge < -0.3 is 9.64 Å². The summed E-state index contributed by atoms with van der Waals surface area (Å²) in [6.07, 6.45) is 4.25. The molecule has 148 valence electrons. The van der Waals surface area contributed by atoms with Crippen LogP contribution in [0.15, 0.2) is 34.3 Å². The number of likely N-dealkylation sites (tertiary alicyclic amines) is 1. The molecule has 8 heteroatoms. The zero-order chi connectivity index (χ0) is 19.4. The van der Waals surface area contributed by atoms with Gasteiger partial charge in [-0.05, 0) is 44.0 Å². The number of hydrogen-bond acceptors (Lipinski definition) is 5. The van der Waals surface area contributed by atoms with Crippen LogP contribution < -0.4 is 4.74 Å². The predicted molar refractivity (Wildman–Crippen MR) is 114 cm³/mol. The third-order valence-electron chi connectivity index (χ3n) is 5.09. The second-order valence-corrected chi connectivity index (χ2v) is 9.36. The van der Waals surface area contributed by atoms with E-state index in [-0.39, 0.29) is 0 Å². The van der Waals surface area contributed by atoms with E-state index < -0.39 is 9.96 Å². The van der Waals surface area contributed by atoms with Crippen molar-refractivity contribution in [1.82, 2.24) is 9.80 Å². The Morgan fingerprint density at radius 2 is 1.93 bits per heavy atom. The molecule has 2 aliphatic rings. The summed E-state index contributed by atoms with van der Waals surface area (Å²) in [4.78, 5) is 13.5. The number of benzene rings is 1. The molecule has 1 fully saturated rings. The van der Waals surface area contributed by atoms with Crippen LogP contribution in [-0.4, -0.2) is 64.7 Å². The molecule has 2 unspecified atom stereocenters. The van der Waals surface area contributed by atoms with Gasteiger partial charge in [0.15, 0.2) is 6.17 Å². The molecular formula is C19H25Cl3N4O. The standard InChI is InChI=1S/C19H25Cl3N4O/c1-14-4-3-9-25(14)10-11-26-13-23-17(24-18(26)19(20,21)22)12-15-5-7-16(27-2)8-6-15/h5-8,13-14,18H,3-4,9-12H2,1-2H3. The fraction of sp³-hybridized carbons (Fsp3) is 0.579. The quantitative estimate of drug-likeness (QED) is 0.635. The molecule has 2 aliphatic heterocycles. The lowest BCUT2D eigenvalue weighted by Gasteiger charge is -2.35. The number of methoxy groups -OCH3 is 1. The summed E-state index contributed by atoms with van der Waals surface area (Å²) in [6.45, 7) is 5.02. The molecule has 0 amide bonds. The summed E-state index contributed by atoms with van der Waals surface area (Å²) in [6, 6.07) is 8.41. The fourth-order valence-electron chi connectivity index (χ4n) is 3.48. The zero-order valence-electron chi connectivity index (χ0n) is 15.6. The molecule has 1 saturated heterocycles. The van der Waals surface area contributed by atoms with E-state index in [9.17, 15) is 0 Å². The molecule has 0 bridgehead atoms. The molecule has 2 heterocycles. The highest BCUT2D eigenvalue weighted by atomic mass is 35.6. The Morgan fingerprint density at radius 1 is 1.19 bits per heavy atom. The van der Waals surface area contributed by atoms with Gasteiger partial charge in [-0.15, -0.1) is 0 Å². The average Bonchev–Trinajstić information content (AvgIpc) is 3.05. The van der Waals surface area contributed by atoms with Crippen molar-refractivity contribution < 1.29 is 4.74 Å². The number of aliphatic imine (C=N–C) groups is 2. The summed E-state index contributed by atoms with van der Waals surface area (Å²) in [5, 5.41) is 0. The third kappa shape index (κ3) is 5.50. The molecular weight excluding hydrogens is 407 g/mol. The fourth-order valence-corrected chi connectivity index (χ4v) is 4.00. The van der Waals surface area contributed by atoms with E-state index in [1.165, 1.54) is 12.8 Å². The monoisotopic (exact) mass is 430 g/mol. The Labute approximate surface area is 175 Å². The maximum Gasteiger partial charge on any atom is 0.230 e. The Balaban J connectivity index is 1.66. The van der Waals surface area contributed by atoms with Gasteiger partial charge in [-0.1, -0.05) is 46.9 Å². The van der Waals surface area contributed by atoms with Crippen LogP contribution in [0.1, 0.15) is 25.3 Å². The number of halogens is 3. The number of rotatable bonds is 6. The highest BCUT2D eigenvalue weighted by Gasteiger charge is 2.38. The van der Waals surface area contributed by atoms with E-state index in [1.54, 1.807) is 13.4 Å². The van der Waals surface area contributed by atoms with E-state index in [2.05, 4.69) is 21.8 Å². The first-order valence-corrected chi connectivity index (χ1v) is 10.3. The highest BCUT2D eigenvalue weighted by molar-refractivity contribution is 6.68. The molecule has 27 heavy (non-hydrogen) atoms. The van der Waals surface area contributed by atoms with Crippen LogP contribution in [0.3, 0.4) is 0 Å². The van der Waals surface area contributed by atoms with Crippen LogP contribution in [0.5, 0.6) is 5.75 Å². The molecule has 2 atom stereocenters. The number of alkyl halides is 3. The van der Waals surface area contributed by atoms with Crippen molar-refractivity contribution in [2.45, 2.75) is 42.2 Å². The van der Waals surface area contributed by atoms with E-state index in [4.69, 9.17) is 39.5 Å². The minimum Gasteiger partial charge on any atom is -0.497 e. The maximum atomic E-state index is 6.23. The summed E-state index contributed by atoms with van der Waals surface area (Å²) in [5.74, 6) is 1.47. The number of amidine groups is 1. The van der Waals surface area contributed by atoms with Gasteiger partial charge in [-0.25, -0.2) is 9.98 Å². The first-order chi connectivity index (χ1) is 12.9. The third-order valence-corrected chi connectivity index (χ3v) is 5.68. The number of nitrogens with zero attached hydrogens (tertiary/aromatic N) is 4.